The lowest BCUT2D eigenvalue weighted by molar-refractivity contribution is 0.101. The molecule has 3 heterocycles. The summed E-state index contributed by atoms with van der Waals surface area (Å²) >= 11 is 0. The number of ether oxygens (including phenoxy) is 1. The Kier molecular flexibility index (Phi) is 6.23. The Bertz CT molecular complexity index is 1350. The van der Waals surface area contributed by atoms with E-state index in [1.807, 2.05) is 44.1 Å². The molecule has 0 radical (unpaired) electrons. The summed E-state index contributed by atoms with van der Waals surface area (Å²) in [4.78, 5) is 13.1. The summed E-state index contributed by atoms with van der Waals surface area (Å²) in [6.07, 6.45) is 0. The van der Waals surface area contributed by atoms with Crippen molar-refractivity contribution >= 4 is 11.6 Å². The van der Waals surface area contributed by atoms with E-state index >= 15 is 0 Å². The maximum Gasteiger partial charge on any atom is 0.278 e. The minimum Gasteiger partial charge on any atom is -0.489 e. The predicted molar refractivity (Wildman–Crippen MR) is 123 cm³/mol. The number of aryl methyl sites for hydroxylation is 4. The van der Waals surface area contributed by atoms with Crippen LogP contribution >= 0.6 is 0 Å². The number of hydrogen-bond donors (Lipinski definition) is 1. The highest BCUT2D eigenvalue weighted by atomic mass is 19.1. The van der Waals surface area contributed by atoms with Gasteiger partial charge < -0.3 is 14.6 Å². The number of amides is 1. The Morgan fingerprint density at radius 1 is 1.03 bits per heavy atom. The summed E-state index contributed by atoms with van der Waals surface area (Å²) in [6, 6.07) is 5.65. The molecule has 4 aromatic rings. The van der Waals surface area contributed by atoms with Crippen LogP contribution in [0.1, 0.15) is 50.2 Å². The van der Waals surface area contributed by atoms with Crippen LogP contribution in [-0.4, -0.2) is 30.6 Å². The van der Waals surface area contributed by atoms with Gasteiger partial charge in [-0.05, 0) is 58.9 Å². The molecular weight excluding hydrogens is 439 g/mol. The van der Waals surface area contributed by atoms with Crippen LogP contribution in [0.15, 0.2) is 28.8 Å². The number of carbonyl (C=O) groups is 1. The molecular formula is C24H27FN6O3. The molecule has 0 saturated carbocycles. The number of aromatic nitrogens is 5. The Morgan fingerprint density at radius 3 is 2.38 bits per heavy atom. The van der Waals surface area contributed by atoms with Gasteiger partial charge in [0, 0.05) is 18.3 Å². The lowest BCUT2D eigenvalue weighted by Crippen LogP contribution is -2.16. The first-order chi connectivity index (χ1) is 16.2. The van der Waals surface area contributed by atoms with Crippen molar-refractivity contribution in [2.24, 2.45) is 7.05 Å². The number of halogens is 1. The van der Waals surface area contributed by atoms with Crippen molar-refractivity contribution in [2.75, 3.05) is 5.32 Å². The molecule has 0 spiro atoms. The van der Waals surface area contributed by atoms with Crippen LogP contribution in [-0.2, 0) is 20.2 Å². The molecule has 1 N–H and O–H groups in total. The molecule has 1 amide bonds. The molecule has 34 heavy (non-hydrogen) atoms. The molecule has 0 aliphatic heterocycles. The number of nitrogens with one attached hydrogen (secondary N) is 1. The second-order valence-electron chi connectivity index (χ2n) is 8.24. The average Bonchev–Trinajstić information content (AvgIpc) is 3.38. The normalized spacial score (nSPS) is 11.1. The quantitative estimate of drug-likeness (QED) is 0.439. The fourth-order valence-corrected chi connectivity index (χ4v) is 3.83. The molecule has 1 aromatic carbocycles. The number of anilines is 1. The van der Waals surface area contributed by atoms with Crippen LogP contribution in [0.25, 0.3) is 0 Å². The minimum absolute atomic E-state index is 0.0561. The third-order valence-electron chi connectivity index (χ3n) is 5.98. The molecule has 0 saturated heterocycles. The SMILES string of the molecule is Cc1nn(C)c(C)c1Cn1nc(C)c(NC(=O)c2noc(C)c2COc2ccc(F)cc2)c1C. The van der Waals surface area contributed by atoms with Gasteiger partial charge in [0.25, 0.3) is 5.91 Å². The maximum atomic E-state index is 13.1. The van der Waals surface area contributed by atoms with E-state index in [-0.39, 0.29) is 18.1 Å². The molecule has 3 aromatic heterocycles. The van der Waals surface area contributed by atoms with Crippen molar-refractivity contribution in [2.45, 2.75) is 47.8 Å². The van der Waals surface area contributed by atoms with Crippen LogP contribution in [0.4, 0.5) is 10.1 Å². The number of carbonyl (C=O) groups excluding carboxylic acids is 1. The molecule has 0 atom stereocenters. The molecule has 9 nitrogen and oxygen atoms in total. The summed E-state index contributed by atoms with van der Waals surface area (Å²) < 4.78 is 27.8. The third-order valence-corrected chi connectivity index (χ3v) is 5.98. The third kappa shape index (κ3) is 4.43. The lowest BCUT2D eigenvalue weighted by atomic mass is 10.2. The molecule has 0 unspecified atom stereocenters. The monoisotopic (exact) mass is 466 g/mol. The van der Waals surface area contributed by atoms with Crippen molar-refractivity contribution in [1.82, 2.24) is 24.7 Å². The van der Waals surface area contributed by atoms with Gasteiger partial charge in [0.1, 0.15) is 23.9 Å². The maximum absolute atomic E-state index is 13.1. The van der Waals surface area contributed by atoms with Crippen LogP contribution < -0.4 is 10.1 Å². The van der Waals surface area contributed by atoms with E-state index in [0.29, 0.717) is 35.0 Å². The van der Waals surface area contributed by atoms with Crippen LogP contribution in [0.2, 0.25) is 0 Å². The highest BCUT2D eigenvalue weighted by molar-refractivity contribution is 6.04. The number of hydrogen-bond acceptors (Lipinski definition) is 6. The van der Waals surface area contributed by atoms with E-state index in [1.165, 1.54) is 24.3 Å². The van der Waals surface area contributed by atoms with E-state index in [4.69, 9.17) is 9.26 Å². The number of rotatable bonds is 7. The van der Waals surface area contributed by atoms with Crippen molar-refractivity contribution in [3.8, 4) is 5.75 Å². The van der Waals surface area contributed by atoms with Gasteiger partial charge in [0.15, 0.2) is 5.69 Å². The highest BCUT2D eigenvalue weighted by Gasteiger charge is 2.23. The fourth-order valence-electron chi connectivity index (χ4n) is 3.83. The molecule has 0 aliphatic rings. The Morgan fingerprint density at radius 2 is 1.74 bits per heavy atom. The van der Waals surface area contributed by atoms with E-state index < -0.39 is 5.91 Å². The van der Waals surface area contributed by atoms with Crippen LogP contribution in [0.5, 0.6) is 5.75 Å². The van der Waals surface area contributed by atoms with Gasteiger partial charge in [-0.25, -0.2) is 4.39 Å². The van der Waals surface area contributed by atoms with Crippen LogP contribution in [0.3, 0.4) is 0 Å². The van der Waals surface area contributed by atoms with Crippen molar-refractivity contribution in [3.63, 3.8) is 0 Å². The smallest absolute Gasteiger partial charge is 0.278 e. The van der Waals surface area contributed by atoms with E-state index in [1.54, 1.807) is 6.92 Å². The van der Waals surface area contributed by atoms with E-state index in [2.05, 4.69) is 20.7 Å². The zero-order valence-electron chi connectivity index (χ0n) is 20.1. The van der Waals surface area contributed by atoms with Gasteiger partial charge in [-0.15, -0.1) is 0 Å². The Labute approximate surface area is 196 Å². The zero-order chi connectivity index (χ0) is 24.6. The Hall–Kier alpha value is -3.95. The van der Waals surface area contributed by atoms with E-state index in [0.717, 1.165) is 22.6 Å². The molecule has 4 rings (SSSR count). The standard InChI is InChI=1S/C24H27FN6O3/c1-13-20(15(3)30(6)27-13)11-31-16(4)22(14(2)28-31)26-24(32)23-21(17(5)34-29-23)12-33-19-9-7-18(25)8-10-19/h7-10H,11-12H2,1-6H3,(H,26,32). The topological polar surface area (TPSA) is 100 Å². The average molecular weight is 467 g/mol. The molecule has 0 fully saturated rings. The summed E-state index contributed by atoms with van der Waals surface area (Å²) in [5.74, 6) is 0.170. The summed E-state index contributed by atoms with van der Waals surface area (Å²) in [5, 5.41) is 15.9. The molecule has 178 valence electrons. The van der Waals surface area contributed by atoms with E-state index in [9.17, 15) is 9.18 Å². The van der Waals surface area contributed by atoms with Crippen molar-refractivity contribution in [3.05, 3.63) is 75.4 Å². The van der Waals surface area contributed by atoms with Crippen molar-refractivity contribution < 1.29 is 18.4 Å². The largest absolute Gasteiger partial charge is 0.489 e. The van der Waals surface area contributed by atoms with Gasteiger partial charge in [0.05, 0.1) is 34.9 Å². The minimum atomic E-state index is -0.422. The highest BCUT2D eigenvalue weighted by Crippen LogP contribution is 2.24. The lowest BCUT2D eigenvalue weighted by Gasteiger charge is -2.09. The van der Waals surface area contributed by atoms with Gasteiger partial charge >= 0.3 is 0 Å². The van der Waals surface area contributed by atoms with Crippen LogP contribution in [0, 0.1) is 40.4 Å². The summed E-state index contributed by atoms with van der Waals surface area (Å²) in [7, 11) is 1.91. The van der Waals surface area contributed by atoms with Gasteiger partial charge in [-0.2, -0.15) is 10.2 Å². The first-order valence-corrected chi connectivity index (χ1v) is 10.8. The van der Waals surface area contributed by atoms with Gasteiger partial charge in [-0.3, -0.25) is 14.2 Å². The second-order valence-corrected chi connectivity index (χ2v) is 8.24. The Balaban J connectivity index is 1.53. The first-order valence-electron chi connectivity index (χ1n) is 10.8. The molecule has 0 bridgehead atoms. The number of nitrogens with zero attached hydrogens (tertiary/aromatic N) is 5. The second kappa shape index (κ2) is 9.12. The summed E-state index contributed by atoms with van der Waals surface area (Å²) in [6.45, 7) is 10.1. The first kappa shape index (κ1) is 23.2. The molecule has 0 aliphatic carbocycles. The predicted octanol–water partition coefficient (Wildman–Crippen LogP) is 4.17. The van der Waals surface area contributed by atoms with Gasteiger partial charge in [0.2, 0.25) is 0 Å². The fraction of sp³-hybridized carbons (Fsp3) is 0.333. The van der Waals surface area contributed by atoms with Gasteiger partial charge in [-0.1, -0.05) is 5.16 Å². The number of benzene rings is 1. The zero-order valence-corrected chi connectivity index (χ0v) is 20.1. The van der Waals surface area contributed by atoms with Crippen molar-refractivity contribution in [1.29, 1.82) is 0 Å². The molecule has 10 heteroatoms. The summed E-state index contributed by atoms with van der Waals surface area (Å²) in [5.41, 5.74) is 5.89.